The zero-order valence-electron chi connectivity index (χ0n) is 9.73. The number of nitrogens with one attached hydrogen (secondary N) is 1. The van der Waals surface area contributed by atoms with Gasteiger partial charge in [0.2, 0.25) is 0 Å². The van der Waals surface area contributed by atoms with Crippen molar-refractivity contribution in [2.24, 2.45) is 0 Å². The van der Waals surface area contributed by atoms with Crippen molar-refractivity contribution < 1.29 is 4.79 Å². The number of aromatic amines is 1. The fourth-order valence-electron chi connectivity index (χ4n) is 1.90. The Morgan fingerprint density at radius 3 is 2.50 bits per heavy atom. The van der Waals surface area contributed by atoms with Crippen molar-refractivity contribution >= 4 is 5.91 Å². The largest absolute Gasteiger partial charge is 0.335 e. The predicted octanol–water partition coefficient (Wildman–Crippen LogP) is -0.109. The number of H-pyrrole nitrogens is 1. The minimum atomic E-state index is -0.0120. The summed E-state index contributed by atoms with van der Waals surface area (Å²) in [5.74, 6) is -0.0120. The number of rotatable bonds is 2. The second-order valence-electron chi connectivity index (χ2n) is 3.98. The normalized spacial score (nSPS) is 17.8. The molecular formula is C10H17N5O. The summed E-state index contributed by atoms with van der Waals surface area (Å²) in [7, 11) is 0. The zero-order chi connectivity index (χ0) is 11.5. The maximum absolute atomic E-state index is 12.1. The van der Waals surface area contributed by atoms with E-state index >= 15 is 0 Å². The summed E-state index contributed by atoms with van der Waals surface area (Å²) >= 11 is 0. The first kappa shape index (κ1) is 11.1. The van der Waals surface area contributed by atoms with Crippen LogP contribution >= 0.6 is 0 Å². The summed E-state index contributed by atoms with van der Waals surface area (Å²) in [5, 5.41) is 10.2. The Hall–Kier alpha value is -1.43. The molecule has 6 nitrogen and oxygen atoms in total. The van der Waals surface area contributed by atoms with Gasteiger partial charge in [0, 0.05) is 26.2 Å². The first-order valence-corrected chi connectivity index (χ1v) is 5.61. The Bertz CT molecular complexity index is 367. The Labute approximate surface area is 94.6 Å². The van der Waals surface area contributed by atoms with Crippen LogP contribution in [-0.2, 0) is 0 Å². The molecule has 88 valence electrons. The van der Waals surface area contributed by atoms with E-state index in [2.05, 4.69) is 27.2 Å². The van der Waals surface area contributed by atoms with Crippen LogP contribution in [0, 0.1) is 6.92 Å². The maximum atomic E-state index is 12.1. The van der Waals surface area contributed by atoms with Gasteiger partial charge in [0.1, 0.15) is 0 Å². The number of hydrogen-bond acceptors (Lipinski definition) is 4. The molecule has 0 unspecified atom stereocenters. The molecule has 1 saturated heterocycles. The second-order valence-corrected chi connectivity index (χ2v) is 3.98. The van der Waals surface area contributed by atoms with E-state index in [4.69, 9.17) is 0 Å². The Morgan fingerprint density at radius 2 is 2.00 bits per heavy atom. The standard InChI is InChI=1S/C10H17N5O/c1-3-14-4-6-15(7-5-14)10(16)9-8(2)11-13-12-9/h3-7H2,1-2H3,(H,11,12,13). The number of carbonyl (C=O) groups excluding carboxylic acids is 1. The molecule has 2 rings (SSSR count). The molecule has 1 aliphatic heterocycles. The first-order valence-electron chi connectivity index (χ1n) is 5.61. The van der Waals surface area contributed by atoms with E-state index in [1.165, 1.54) is 0 Å². The minimum absolute atomic E-state index is 0.0120. The van der Waals surface area contributed by atoms with Crippen LogP contribution in [0.4, 0.5) is 0 Å². The van der Waals surface area contributed by atoms with Crippen molar-refractivity contribution in [1.29, 1.82) is 0 Å². The molecule has 0 atom stereocenters. The van der Waals surface area contributed by atoms with Crippen molar-refractivity contribution in [3.63, 3.8) is 0 Å². The average molecular weight is 223 g/mol. The predicted molar refractivity (Wildman–Crippen MR) is 59.1 cm³/mol. The molecule has 0 aromatic carbocycles. The minimum Gasteiger partial charge on any atom is -0.335 e. The molecule has 2 heterocycles. The molecule has 1 aromatic rings. The fraction of sp³-hybridized carbons (Fsp3) is 0.700. The van der Waals surface area contributed by atoms with Gasteiger partial charge < -0.3 is 9.80 Å². The van der Waals surface area contributed by atoms with Crippen molar-refractivity contribution in [2.75, 3.05) is 32.7 Å². The van der Waals surface area contributed by atoms with E-state index in [1.54, 1.807) is 6.92 Å². The highest BCUT2D eigenvalue weighted by atomic mass is 16.2. The van der Waals surface area contributed by atoms with Gasteiger partial charge in [-0.15, -0.1) is 0 Å². The maximum Gasteiger partial charge on any atom is 0.276 e. The number of likely N-dealkylation sites (N-methyl/N-ethyl adjacent to an activating group) is 1. The molecule has 1 aliphatic rings. The molecule has 1 amide bonds. The van der Waals surface area contributed by atoms with Crippen LogP contribution in [0.25, 0.3) is 0 Å². The van der Waals surface area contributed by atoms with Crippen molar-refractivity contribution in [3.05, 3.63) is 11.4 Å². The number of carbonyl (C=O) groups is 1. The van der Waals surface area contributed by atoms with Gasteiger partial charge in [0.05, 0.1) is 5.69 Å². The Morgan fingerprint density at radius 1 is 1.31 bits per heavy atom. The lowest BCUT2D eigenvalue weighted by Gasteiger charge is -2.33. The summed E-state index contributed by atoms with van der Waals surface area (Å²) in [6, 6.07) is 0. The molecule has 0 spiro atoms. The molecule has 16 heavy (non-hydrogen) atoms. The van der Waals surface area contributed by atoms with Gasteiger partial charge >= 0.3 is 0 Å². The topological polar surface area (TPSA) is 65.1 Å². The number of aromatic nitrogens is 3. The number of piperazine rings is 1. The molecule has 1 fully saturated rings. The highest BCUT2D eigenvalue weighted by Gasteiger charge is 2.24. The van der Waals surface area contributed by atoms with E-state index in [1.807, 2.05) is 4.90 Å². The molecule has 0 radical (unpaired) electrons. The zero-order valence-corrected chi connectivity index (χ0v) is 9.73. The van der Waals surface area contributed by atoms with Gasteiger partial charge in [0.15, 0.2) is 5.69 Å². The second kappa shape index (κ2) is 4.61. The summed E-state index contributed by atoms with van der Waals surface area (Å²) < 4.78 is 0. The monoisotopic (exact) mass is 223 g/mol. The molecule has 1 N–H and O–H groups in total. The highest BCUT2D eigenvalue weighted by Crippen LogP contribution is 2.08. The molecule has 6 heteroatoms. The molecule has 0 bridgehead atoms. The third-order valence-corrected chi connectivity index (χ3v) is 3.03. The van der Waals surface area contributed by atoms with Crippen LogP contribution in [0.1, 0.15) is 23.1 Å². The Balaban J connectivity index is 2.00. The van der Waals surface area contributed by atoms with Gasteiger partial charge in [0.25, 0.3) is 5.91 Å². The molecule has 0 aliphatic carbocycles. The number of nitrogens with zero attached hydrogens (tertiary/aromatic N) is 4. The average Bonchev–Trinajstić information content (AvgIpc) is 2.75. The third-order valence-electron chi connectivity index (χ3n) is 3.03. The van der Waals surface area contributed by atoms with E-state index in [-0.39, 0.29) is 5.91 Å². The summed E-state index contributed by atoms with van der Waals surface area (Å²) in [5.41, 5.74) is 1.12. The van der Waals surface area contributed by atoms with Crippen molar-refractivity contribution in [2.45, 2.75) is 13.8 Å². The van der Waals surface area contributed by atoms with Crippen molar-refractivity contribution in [1.82, 2.24) is 25.2 Å². The van der Waals surface area contributed by atoms with E-state index < -0.39 is 0 Å². The van der Waals surface area contributed by atoms with E-state index in [0.29, 0.717) is 11.4 Å². The van der Waals surface area contributed by atoms with Crippen LogP contribution in [-0.4, -0.2) is 63.8 Å². The fourth-order valence-corrected chi connectivity index (χ4v) is 1.90. The van der Waals surface area contributed by atoms with Crippen molar-refractivity contribution in [3.8, 4) is 0 Å². The molecule has 0 saturated carbocycles. The molecule has 1 aromatic heterocycles. The number of aryl methyl sites for hydroxylation is 1. The van der Waals surface area contributed by atoms with Crippen LogP contribution in [0.15, 0.2) is 0 Å². The van der Waals surface area contributed by atoms with Crippen LogP contribution in [0.2, 0.25) is 0 Å². The lowest BCUT2D eigenvalue weighted by molar-refractivity contribution is 0.0637. The van der Waals surface area contributed by atoms with Crippen LogP contribution < -0.4 is 0 Å². The van der Waals surface area contributed by atoms with Gasteiger partial charge in [-0.25, -0.2) is 0 Å². The number of hydrogen-bond donors (Lipinski definition) is 1. The van der Waals surface area contributed by atoms with Crippen LogP contribution in [0.3, 0.4) is 0 Å². The highest BCUT2D eigenvalue weighted by molar-refractivity contribution is 5.93. The van der Waals surface area contributed by atoms with E-state index in [9.17, 15) is 4.79 Å². The lowest BCUT2D eigenvalue weighted by Crippen LogP contribution is -2.48. The number of amides is 1. The smallest absolute Gasteiger partial charge is 0.276 e. The summed E-state index contributed by atoms with van der Waals surface area (Å²) in [4.78, 5) is 16.2. The summed E-state index contributed by atoms with van der Waals surface area (Å²) in [6.07, 6.45) is 0. The van der Waals surface area contributed by atoms with E-state index in [0.717, 1.165) is 32.7 Å². The van der Waals surface area contributed by atoms with Gasteiger partial charge in [-0.1, -0.05) is 6.92 Å². The molecular weight excluding hydrogens is 206 g/mol. The summed E-state index contributed by atoms with van der Waals surface area (Å²) in [6.45, 7) is 8.42. The van der Waals surface area contributed by atoms with Crippen LogP contribution in [0.5, 0.6) is 0 Å². The quantitative estimate of drug-likeness (QED) is 0.760. The van der Waals surface area contributed by atoms with Gasteiger partial charge in [-0.3, -0.25) is 4.79 Å². The first-order chi connectivity index (χ1) is 7.72. The third kappa shape index (κ3) is 2.06. The van der Waals surface area contributed by atoms with Gasteiger partial charge in [-0.05, 0) is 13.5 Å². The lowest BCUT2D eigenvalue weighted by atomic mass is 10.2. The van der Waals surface area contributed by atoms with Gasteiger partial charge in [-0.2, -0.15) is 15.4 Å². The Kier molecular flexibility index (Phi) is 3.19. The SMILES string of the molecule is CCN1CCN(C(=O)c2n[nH]nc2C)CC1.